The summed E-state index contributed by atoms with van der Waals surface area (Å²) >= 11 is 0. The number of rotatable bonds is 4. The molecule has 0 saturated heterocycles. The lowest BCUT2D eigenvalue weighted by Gasteiger charge is -2.15. The van der Waals surface area contributed by atoms with E-state index in [2.05, 4.69) is 11.9 Å². The Hall–Kier alpha value is -2.10. The smallest absolute Gasteiger partial charge is 0.232 e. The van der Waals surface area contributed by atoms with Crippen molar-refractivity contribution in [3.05, 3.63) is 72.3 Å². The first kappa shape index (κ1) is 12.4. The lowest BCUT2D eigenvalue weighted by molar-refractivity contribution is -0.0147. The first-order chi connectivity index (χ1) is 8.68. The van der Waals surface area contributed by atoms with Gasteiger partial charge in [0.25, 0.3) is 0 Å². The van der Waals surface area contributed by atoms with Gasteiger partial charge in [0.1, 0.15) is 0 Å². The van der Waals surface area contributed by atoms with Crippen LogP contribution in [0.25, 0.3) is 5.57 Å². The Labute approximate surface area is 106 Å². The van der Waals surface area contributed by atoms with Crippen molar-refractivity contribution >= 4 is 11.3 Å². The molecule has 0 unspecified atom stereocenters. The van der Waals surface area contributed by atoms with Gasteiger partial charge in [0.15, 0.2) is 0 Å². The number of aliphatic hydroxyl groups is 2. The zero-order valence-corrected chi connectivity index (χ0v) is 9.88. The normalized spacial score (nSPS) is 10.4. The highest BCUT2D eigenvalue weighted by molar-refractivity contribution is 5.84. The van der Waals surface area contributed by atoms with Crippen molar-refractivity contribution in [2.24, 2.45) is 0 Å². The molecule has 3 N–H and O–H groups in total. The van der Waals surface area contributed by atoms with Crippen molar-refractivity contribution in [3.8, 4) is 0 Å². The average Bonchev–Trinajstić information content (AvgIpc) is 2.39. The van der Waals surface area contributed by atoms with Gasteiger partial charge in [-0.25, -0.2) is 0 Å². The average molecular weight is 241 g/mol. The first-order valence-electron chi connectivity index (χ1n) is 5.65. The fraction of sp³-hybridized carbons (Fsp3) is 0.0667. The van der Waals surface area contributed by atoms with E-state index in [-0.39, 0.29) is 0 Å². The SMILES string of the molecule is C=C(c1ccccc1)c1ccccc1NC(O)O. The van der Waals surface area contributed by atoms with Gasteiger partial charge in [0.05, 0.1) is 0 Å². The summed E-state index contributed by atoms with van der Waals surface area (Å²) in [5.41, 5.74) is 3.32. The van der Waals surface area contributed by atoms with Crippen molar-refractivity contribution in [3.63, 3.8) is 0 Å². The number of para-hydroxylation sites is 1. The zero-order chi connectivity index (χ0) is 13.0. The number of nitrogens with one attached hydrogen (secondary N) is 1. The molecule has 0 aliphatic heterocycles. The second-order valence-corrected chi connectivity index (χ2v) is 3.91. The highest BCUT2D eigenvalue weighted by atomic mass is 16.5. The third-order valence-corrected chi connectivity index (χ3v) is 2.66. The van der Waals surface area contributed by atoms with Gasteiger partial charge in [-0.3, -0.25) is 0 Å². The van der Waals surface area contributed by atoms with Gasteiger partial charge in [-0.15, -0.1) is 0 Å². The van der Waals surface area contributed by atoms with Crippen LogP contribution in [-0.4, -0.2) is 16.6 Å². The van der Waals surface area contributed by atoms with Gasteiger partial charge in [-0.2, -0.15) is 0 Å². The van der Waals surface area contributed by atoms with E-state index in [0.717, 1.165) is 16.7 Å². The van der Waals surface area contributed by atoms with E-state index in [1.807, 2.05) is 48.5 Å². The third kappa shape index (κ3) is 2.77. The first-order valence-corrected chi connectivity index (χ1v) is 5.65. The molecular weight excluding hydrogens is 226 g/mol. The molecule has 0 heterocycles. The van der Waals surface area contributed by atoms with Crippen molar-refractivity contribution < 1.29 is 10.2 Å². The highest BCUT2D eigenvalue weighted by Gasteiger charge is 2.08. The van der Waals surface area contributed by atoms with Crippen molar-refractivity contribution in [2.75, 3.05) is 5.32 Å². The number of benzene rings is 2. The minimum atomic E-state index is -1.59. The molecule has 0 spiro atoms. The molecule has 92 valence electrons. The summed E-state index contributed by atoms with van der Waals surface area (Å²) < 4.78 is 0. The van der Waals surface area contributed by atoms with E-state index in [9.17, 15) is 0 Å². The van der Waals surface area contributed by atoms with Crippen LogP contribution >= 0.6 is 0 Å². The summed E-state index contributed by atoms with van der Waals surface area (Å²) in [4.78, 5) is 0. The standard InChI is InChI=1S/C15H15NO2/c1-11(12-7-3-2-4-8-12)13-9-5-6-10-14(13)16-15(17)18/h2-10,15-18H,1H2. The second-order valence-electron chi connectivity index (χ2n) is 3.91. The van der Waals surface area contributed by atoms with Crippen LogP contribution < -0.4 is 5.32 Å². The maximum Gasteiger partial charge on any atom is 0.232 e. The van der Waals surface area contributed by atoms with Crippen LogP contribution in [0.15, 0.2) is 61.2 Å². The van der Waals surface area contributed by atoms with E-state index in [1.54, 1.807) is 6.07 Å². The van der Waals surface area contributed by atoms with E-state index < -0.39 is 6.41 Å². The monoisotopic (exact) mass is 241 g/mol. The molecule has 0 aliphatic carbocycles. The Kier molecular flexibility index (Phi) is 3.77. The summed E-state index contributed by atoms with van der Waals surface area (Å²) in [5.74, 6) is 0. The molecule has 0 fully saturated rings. The van der Waals surface area contributed by atoms with Crippen LogP contribution in [0, 0.1) is 0 Å². The van der Waals surface area contributed by atoms with E-state index in [1.165, 1.54) is 0 Å². The van der Waals surface area contributed by atoms with Gasteiger partial charge < -0.3 is 15.5 Å². The predicted molar refractivity (Wildman–Crippen MR) is 72.9 cm³/mol. The minimum absolute atomic E-state index is 0.640. The molecule has 0 amide bonds. The summed E-state index contributed by atoms with van der Waals surface area (Å²) in [6.45, 7) is 4.06. The molecule has 0 radical (unpaired) electrons. The van der Waals surface area contributed by atoms with Crippen LogP contribution in [0.1, 0.15) is 11.1 Å². The summed E-state index contributed by atoms with van der Waals surface area (Å²) in [6.07, 6.45) is -1.59. The van der Waals surface area contributed by atoms with Crippen LogP contribution in [0.4, 0.5) is 5.69 Å². The Morgan fingerprint density at radius 3 is 2.22 bits per heavy atom. The molecule has 2 aromatic carbocycles. The number of anilines is 1. The topological polar surface area (TPSA) is 52.5 Å². The molecule has 0 bridgehead atoms. The molecular formula is C15H15NO2. The molecule has 0 aromatic heterocycles. The molecule has 0 saturated carbocycles. The Morgan fingerprint density at radius 2 is 1.56 bits per heavy atom. The zero-order valence-electron chi connectivity index (χ0n) is 9.88. The third-order valence-electron chi connectivity index (χ3n) is 2.66. The lowest BCUT2D eigenvalue weighted by Crippen LogP contribution is -2.17. The van der Waals surface area contributed by atoms with Gasteiger partial charge >= 0.3 is 0 Å². The largest absolute Gasteiger partial charge is 0.351 e. The molecule has 3 heteroatoms. The fourth-order valence-corrected chi connectivity index (χ4v) is 1.81. The number of hydrogen-bond donors (Lipinski definition) is 3. The van der Waals surface area contributed by atoms with Gasteiger partial charge in [0, 0.05) is 11.3 Å². The molecule has 2 rings (SSSR count). The molecule has 18 heavy (non-hydrogen) atoms. The van der Waals surface area contributed by atoms with Gasteiger partial charge in [0.2, 0.25) is 6.41 Å². The summed E-state index contributed by atoms with van der Waals surface area (Å²) in [6, 6.07) is 17.1. The second kappa shape index (κ2) is 5.49. The maximum atomic E-state index is 9.00. The van der Waals surface area contributed by atoms with E-state index in [0.29, 0.717) is 5.69 Å². The Balaban J connectivity index is 2.36. The highest BCUT2D eigenvalue weighted by Crippen LogP contribution is 2.27. The Morgan fingerprint density at radius 1 is 0.944 bits per heavy atom. The van der Waals surface area contributed by atoms with Crippen LogP contribution in [0.3, 0.4) is 0 Å². The fourth-order valence-electron chi connectivity index (χ4n) is 1.81. The molecule has 0 aliphatic rings. The van der Waals surface area contributed by atoms with E-state index >= 15 is 0 Å². The van der Waals surface area contributed by atoms with E-state index in [4.69, 9.17) is 10.2 Å². The quantitative estimate of drug-likeness (QED) is 0.721. The Bertz CT molecular complexity index is 535. The molecule has 0 atom stereocenters. The summed E-state index contributed by atoms with van der Waals surface area (Å²) in [7, 11) is 0. The minimum Gasteiger partial charge on any atom is -0.351 e. The molecule has 2 aromatic rings. The van der Waals surface area contributed by atoms with Crippen LogP contribution in [0.2, 0.25) is 0 Å². The van der Waals surface area contributed by atoms with Crippen molar-refractivity contribution in [1.29, 1.82) is 0 Å². The lowest BCUT2D eigenvalue weighted by atomic mass is 9.98. The van der Waals surface area contributed by atoms with Crippen LogP contribution in [-0.2, 0) is 0 Å². The number of aliphatic hydroxyl groups excluding tert-OH is 1. The predicted octanol–water partition coefficient (Wildman–Crippen LogP) is 2.43. The molecule has 3 nitrogen and oxygen atoms in total. The number of hydrogen-bond acceptors (Lipinski definition) is 3. The van der Waals surface area contributed by atoms with Crippen molar-refractivity contribution in [1.82, 2.24) is 0 Å². The van der Waals surface area contributed by atoms with Crippen molar-refractivity contribution in [2.45, 2.75) is 6.41 Å². The van der Waals surface area contributed by atoms with Crippen LogP contribution in [0.5, 0.6) is 0 Å². The van der Waals surface area contributed by atoms with Gasteiger partial charge in [-0.1, -0.05) is 55.1 Å². The maximum absolute atomic E-state index is 9.00. The summed E-state index contributed by atoms with van der Waals surface area (Å²) in [5, 5.41) is 20.6. The van der Waals surface area contributed by atoms with Gasteiger partial charge in [-0.05, 0) is 17.2 Å².